The number of hydrogen-bond acceptors (Lipinski definition) is 3. The predicted molar refractivity (Wildman–Crippen MR) is 233 cm³/mol. The molecule has 0 fully saturated rings. The molecule has 0 saturated carbocycles. The summed E-state index contributed by atoms with van der Waals surface area (Å²) < 4.78 is 2.58. The van der Waals surface area contributed by atoms with Gasteiger partial charge in [0.2, 0.25) is 0 Å². The van der Waals surface area contributed by atoms with E-state index >= 15 is 0 Å². The zero-order chi connectivity index (χ0) is 36.6. The van der Waals surface area contributed by atoms with Gasteiger partial charge < -0.3 is 0 Å². The first-order valence-electron chi connectivity index (χ1n) is 18.6. The van der Waals surface area contributed by atoms with E-state index in [0.717, 1.165) is 55.9 Å². The van der Waals surface area contributed by atoms with Crippen molar-refractivity contribution in [3.63, 3.8) is 0 Å². The van der Waals surface area contributed by atoms with E-state index in [-0.39, 0.29) is 0 Å². The zero-order valence-electron chi connectivity index (χ0n) is 29.9. The van der Waals surface area contributed by atoms with Gasteiger partial charge in [-0.15, -0.1) is 11.3 Å². The first-order chi connectivity index (χ1) is 27.2. The highest BCUT2D eigenvalue weighted by Gasteiger charge is 2.17. The maximum atomic E-state index is 5.36. The number of benzene rings is 8. The van der Waals surface area contributed by atoms with E-state index in [1.54, 1.807) is 0 Å². The van der Waals surface area contributed by atoms with Crippen LogP contribution in [-0.4, -0.2) is 9.97 Å². The van der Waals surface area contributed by atoms with Crippen molar-refractivity contribution in [1.29, 1.82) is 0 Å². The Morgan fingerprint density at radius 3 is 1.49 bits per heavy atom. The maximum absolute atomic E-state index is 5.36. The predicted octanol–water partition coefficient (Wildman–Crippen LogP) is 14.5. The van der Waals surface area contributed by atoms with Crippen molar-refractivity contribution >= 4 is 31.5 Å². The molecular formula is C52H34N2S. The summed E-state index contributed by atoms with van der Waals surface area (Å²) in [5.74, 6) is 0.690. The van der Waals surface area contributed by atoms with E-state index in [1.165, 1.54) is 36.9 Å². The van der Waals surface area contributed by atoms with Crippen molar-refractivity contribution in [2.24, 2.45) is 0 Å². The molecule has 2 nitrogen and oxygen atoms in total. The lowest BCUT2D eigenvalue weighted by molar-refractivity contribution is 1.18. The van der Waals surface area contributed by atoms with Gasteiger partial charge in [0, 0.05) is 36.9 Å². The van der Waals surface area contributed by atoms with Crippen molar-refractivity contribution in [2.75, 3.05) is 0 Å². The van der Waals surface area contributed by atoms with Gasteiger partial charge in [0.05, 0.1) is 11.4 Å². The molecule has 0 spiro atoms. The molecule has 10 aromatic rings. The SMILES string of the molecule is c1ccc(-c2ccc(-c3cc(-c4cc(-c5ccccc5)cc(-c5cccc6sc7ccccc7c56)c4)nc(-c4cccc(-c5ccccc5)c4)n3)cc2)cc1. The minimum atomic E-state index is 0.690. The summed E-state index contributed by atoms with van der Waals surface area (Å²) in [6.07, 6.45) is 0. The van der Waals surface area contributed by atoms with Gasteiger partial charge in [-0.2, -0.15) is 0 Å². The van der Waals surface area contributed by atoms with Crippen LogP contribution in [0.4, 0.5) is 0 Å². The van der Waals surface area contributed by atoms with Crippen molar-refractivity contribution < 1.29 is 0 Å². The van der Waals surface area contributed by atoms with E-state index in [0.29, 0.717) is 5.82 Å². The van der Waals surface area contributed by atoms with Crippen LogP contribution in [0.25, 0.3) is 98.6 Å². The van der Waals surface area contributed by atoms with Crippen LogP contribution in [0.1, 0.15) is 0 Å². The Kier molecular flexibility index (Phi) is 8.40. The lowest BCUT2D eigenvalue weighted by atomic mass is 9.92. The zero-order valence-corrected chi connectivity index (χ0v) is 30.7. The molecule has 8 aromatic carbocycles. The molecule has 2 aromatic heterocycles. The number of aromatic nitrogens is 2. The molecule has 0 radical (unpaired) electrons. The van der Waals surface area contributed by atoms with Crippen LogP contribution in [0, 0.1) is 0 Å². The summed E-state index contributed by atoms with van der Waals surface area (Å²) in [6.45, 7) is 0. The molecule has 0 unspecified atom stereocenters. The Hall–Kier alpha value is -6.94. The van der Waals surface area contributed by atoms with Gasteiger partial charge in [-0.05, 0) is 87.0 Å². The summed E-state index contributed by atoms with van der Waals surface area (Å²) in [5.41, 5.74) is 14.1. The Morgan fingerprint density at radius 1 is 0.291 bits per heavy atom. The number of nitrogens with zero attached hydrogens (tertiary/aromatic N) is 2. The lowest BCUT2D eigenvalue weighted by Crippen LogP contribution is -1.97. The third-order valence-electron chi connectivity index (χ3n) is 10.3. The molecule has 2 heterocycles. The third-order valence-corrected chi connectivity index (χ3v) is 11.4. The largest absolute Gasteiger partial charge is 0.228 e. The van der Waals surface area contributed by atoms with E-state index < -0.39 is 0 Å². The van der Waals surface area contributed by atoms with Crippen molar-refractivity contribution in [3.8, 4) is 78.4 Å². The quantitative estimate of drug-likeness (QED) is 0.164. The molecule has 0 bridgehead atoms. The summed E-state index contributed by atoms with van der Waals surface area (Å²) in [4.78, 5) is 10.6. The Balaban J connectivity index is 1.18. The molecule has 0 aliphatic carbocycles. The van der Waals surface area contributed by atoms with E-state index in [9.17, 15) is 0 Å². The molecule has 3 heteroatoms. The van der Waals surface area contributed by atoms with Gasteiger partial charge >= 0.3 is 0 Å². The van der Waals surface area contributed by atoms with Gasteiger partial charge in [0.15, 0.2) is 5.82 Å². The molecule has 0 saturated heterocycles. The monoisotopic (exact) mass is 718 g/mol. The van der Waals surface area contributed by atoms with Gasteiger partial charge in [-0.25, -0.2) is 9.97 Å². The molecule has 258 valence electrons. The molecule has 0 aliphatic rings. The summed E-state index contributed by atoms with van der Waals surface area (Å²) in [5, 5.41) is 2.58. The van der Waals surface area contributed by atoms with Gasteiger partial charge in [-0.3, -0.25) is 0 Å². The van der Waals surface area contributed by atoms with Crippen LogP contribution in [0.5, 0.6) is 0 Å². The molecule has 0 amide bonds. The minimum Gasteiger partial charge on any atom is -0.228 e. The summed E-state index contributed by atoms with van der Waals surface area (Å²) >= 11 is 1.85. The molecule has 0 aliphatic heterocycles. The molecule has 55 heavy (non-hydrogen) atoms. The number of rotatable bonds is 7. The van der Waals surface area contributed by atoms with Crippen LogP contribution in [0.3, 0.4) is 0 Å². The van der Waals surface area contributed by atoms with Gasteiger partial charge in [-0.1, -0.05) is 164 Å². The smallest absolute Gasteiger partial charge is 0.160 e. The highest BCUT2D eigenvalue weighted by atomic mass is 32.1. The van der Waals surface area contributed by atoms with Crippen LogP contribution in [-0.2, 0) is 0 Å². The van der Waals surface area contributed by atoms with E-state index in [1.807, 2.05) is 11.3 Å². The topological polar surface area (TPSA) is 25.8 Å². The second kappa shape index (κ2) is 14.1. The van der Waals surface area contributed by atoms with E-state index in [4.69, 9.17) is 9.97 Å². The van der Waals surface area contributed by atoms with Crippen LogP contribution in [0.2, 0.25) is 0 Å². The first-order valence-corrected chi connectivity index (χ1v) is 19.4. The Bertz CT molecular complexity index is 2950. The van der Waals surface area contributed by atoms with Crippen molar-refractivity contribution in [3.05, 3.63) is 206 Å². The number of thiophene rings is 1. The fraction of sp³-hybridized carbons (Fsp3) is 0. The van der Waals surface area contributed by atoms with E-state index in [2.05, 4.69) is 206 Å². The maximum Gasteiger partial charge on any atom is 0.160 e. The summed E-state index contributed by atoms with van der Waals surface area (Å²) in [6, 6.07) is 73.4. The van der Waals surface area contributed by atoms with Crippen molar-refractivity contribution in [1.82, 2.24) is 9.97 Å². The fourth-order valence-corrected chi connectivity index (χ4v) is 8.68. The van der Waals surface area contributed by atoms with Crippen LogP contribution < -0.4 is 0 Å². The Morgan fingerprint density at radius 2 is 0.764 bits per heavy atom. The fourth-order valence-electron chi connectivity index (χ4n) is 7.55. The molecular weight excluding hydrogens is 685 g/mol. The van der Waals surface area contributed by atoms with Crippen molar-refractivity contribution in [2.45, 2.75) is 0 Å². The highest BCUT2D eigenvalue weighted by molar-refractivity contribution is 7.25. The standard InChI is InChI=1S/C52H34N2S/c1-4-14-35(15-5-1)38-26-28-39(29-27-38)47-34-48(54-52(53-47)41-21-12-20-40(30-41)36-16-6-2-7-17-36)44-32-42(37-18-8-3-9-19-37)31-43(33-44)45-23-13-25-50-51(45)46-22-10-11-24-49(46)55-50/h1-34H. The lowest BCUT2D eigenvalue weighted by Gasteiger charge is -2.14. The highest BCUT2D eigenvalue weighted by Crippen LogP contribution is 2.42. The Labute approximate surface area is 324 Å². The second-order valence-electron chi connectivity index (χ2n) is 13.8. The number of fused-ring (bicyclic) bond motifs is 3. The molecule has 10 rings (SSSR count). The molecule has 0 atom stereocenters. The molecule has 0 N–H and O–H groups in total. The first kappa shape index (κ1) is 32.7. The average Bonchev–Trinajstić information content (AvgIpc) is 3.66. The van der Waals surface area contributed by atoms with Crippen LogP contribution in [0.15, 0.2) is 206 Å². The average molecular weight is 719 g/mol. The van der Waals surface area contributed by atoms with Gasteiger partial charge in [0.25, 0.3) is 0 Å². The normalized spacial score (nSPS) is 11.3. The minimum absolute atomic E-state index is 0.690. The van der Waals surface area contributed by atoms with Crippen LogP contribution >= 0.6 is 11.3 Å². The third kappa shape index (κ3) is 6.41. The summed E-state index contributed by atoms with van der Waals surface area (Å²) in [7, 11) is 0. The second-order valence-corrected chi connectivity index (χ2v) is 14.9. The van der Waals surface area contributed by atoms with Gasteiger partial charge in [0.1, 0.15) is 0 Å². The number of hydrogen-bond donors (Lipinski definition) is 0.